The molecule has 8 nitrogen and oxygen atoms in total. The Labute approximate surface area is 175 Å². The number of nitrogens with zero attached hydrogens (tertiary/aromatic N) is 4. The number of hydrogen-bond acceptors (Lipinski definition) is 6. The van der Waals surface area contributed by atoms with Gasteiger partial charge in [-0.3, -0.25) is 14.4 Å². The van der Waals surface area contributed by atoms with Crippen LogP contribution in [-0.4, -0.2) is 76.5 Å². The molecule has 0 bridgehead atoms. The number of fused-ring (bicyclic) bond motifs is 1. The van der Waals surface area contributed by atoms with Crippen molar-refractivity contribution in [2.45, 2.75) is 39.7 Å². The van der Waals surface area contributed by atoms with Gasteiger partial charge in [0.05, 0.1) is 10.6 Å². The Hall–Kier alpha value is -2.13. The highest BCUT2D eigenvalue weighted by atomic mass is 32.1. The van der Waals surface area contributed by atoms with Crippen molar-refractivity contribution in [2.75, 3.05) is 39.3 Å². The first-order valence-electron chi connectivity index (χ1n) is 10.1. The standard InChI is InChI=1S/C20H31N5O3S/c1-14-15-13-16(29-18(15)23(5)22-14)17(26)21-7-6-8-24-9-11-25(12-10-24)19(27)28-20(2,3)4/h13H,6-12H2,1-5H3,(H,21,26). The summed E-state index contributed by atoms with van der Waals surface area (Å²) in [6.45, 7) is 12.1. The smallest absolute Gasteiger partial charge is 0.410 e. The lowest BCUT2D eigenvalue weighted by Gasteiger charge is -2.35. The van der Waals surface area contributed by atoms with Crippen LogP contribution in [0, 0.1) is 6.92 Å². The summed E-state index contributed by atoms with van der Waals surface area (Å²) in [6.07, 6.45) is 0.641. The Morgan fingerprint density at radius 3 is 2.55 bits per heavy atom. The number of ether oxygens (including phenoxy) is 1. The van der Waals surface area contributed by atoms with Crippen molar-refractivity contribution in [3.8, 4) is 0 Å². The second kappa shape index (κ2) is 8.71. The molecule has 1 fully saturated rings. The first kappa shape index (κ1) is 21.6. The van der Waals surface area contributed by atoms with E-state index in [9.17, 15) is 9.59 Å². The molecule has 0 spiro atoms. The Morgan fingerprint density at radius 2 is 1.93 bits per heavy atom. The van der Waals surface area contributed by atoms with Crippen LogP contribution < -0.4 is 5.32 Å². The molecule has 0 saturated carbocycles. The first-order valence-corrected chi connectivity index (χ1v) is 10.9. The van der Waals surface area contributed by atoms with E-state index in [2.05, 4.69) is 15.3 Å². The Bertz CT molecular complexity index is 840. The van der Waals surface area contributed by atoms with Gasteiger partial charge in [0, 0.05) is 45.2 Å². The predicted molar refractivity (Wildman–Crippen MR) is 115 cm³/mol. The van der Waals surface area contributed by atoms with Crippen LogP contribution >= 0.6 is 11.3 Å². The van der Waals surface area contributed by atoms with Gasteiger partial charge in [0.15, 0.2) is 0 Å². The summed E-state index contributed by atoms with van der Waals surface area (Å²) in [5.41, 5.74) is 0.485. The van der Waals surface area contributed by atoms with Gasteiger partial charge >= 0.3 is 6.09 Å². The van der Waals surface area contributed by atoms with Gasteiger partial charge in [0.2, 0.25) is 0 Å². The molecule has 3 rings (SSSR count). The minimum Gasteiger partial charge on any atom is -0.444 e. The second-order valence-corrected chi connectivity index (χ2v) is 9.49. The van der Waals surface area contributed by atoms with Crippen LogP contribution in [0.3, 0.4) is 0 Å². The molecule has 0 radical (unpaired) electrons. The normalized spacial score (nSPS) is 15.7. The highest BCUT2D eigenvalue weighted by Crippen LogP contribution is 2.27. The molecule has 2 amide bonds. The molecule has 29 heavy (non-hydrogen) atoms. The van der Waals surface area contributed by atoms with Crippen LogP contribution in [0.5, 0.6) is 0 Å². The molecule has 0 atom stereocenters. The molecule has 2 aromatic heterocycles. The van der Waals surface area contributed by atoms with Crippen LogP contribution in [0.15, 0.2) is 6.07 Å². The van der Waals surface area contributed by atoms with Crippen molar-refractivity contribution in [1.82, 2.24) is 24.9 Å². The molecule has 0 unspecified atom stereocenters. The monoisotopic (exact) mass is 421 g/mol. The third-order valence-electron chi connectivity index (χ3n) is 4.88. The maximum absolute atomic E-state index is 12.4. The number of hydrogen-bond donors (Lipinski definition) is 1. The highest BCUT2D eigenvalue weighted by molar-refractivity contribution is 7.20. The Balaban J connectivity index is 1.37. The average molecular weight is 422 g/mol. The molecular weight excluding hydrogens is 390 g/mol. The van der Waals surface area contributed by atoms with Gasteiger partial charge in [-0.05, 0) is 46.7 Å². The molecule has 1 saturated heterocycles. The number of aromatic nitrogens is 2. The summed E-state index contributed by atoms with van der Waals surface area (Å²) < 4.78 is 7.25. The van der Waals surface area contributed by atoms with Gasteiger partial charge in [0.25, 0.3) is 5.91 Å². The number of aryl methyl sites for hydroxylation is 2. The number of carbonyl (C=O) groups is 2. The molecule has 1 aliphatic rings. The molecule has 9 heteroatoms. The van der Waals surface area contributed by atoms with Crippen molar-refractivity contribution in [3.05, 3.63) is 16.6 Å². The fourth-order valence-electron chi connectivity index (χ4n) is 3.39. The zero-order valence-corrected chi connectivity index (χ0v) is 18.8. The maximum Gasteiger partial charge on any atom is 0.410 e. The quantitative estimate of drug-likeness (QED) is 0.751. The van der Waals surface area contributed by atoms with Crippen LogP contribution in [-0.2, 0) is 11.8 Å². The van der Waals surface area contributed by atoms with Gasteiger partial charge < -0.3 is 15.0 Å². The zero-order valence-electron chi connectivity index (χ0n) is 17.9. The SMILES string of the molecule is Cc1nn(C)c2sc(C(=O)NCCCN3CCN(C(=O)OC(C)(C)C)CC3)cc12. The van der Waals surface area contributed by atoms with E-state index in [4.69, 9.17) is 4.74 Å². The summed E-state index contributed by atoms with van der Waals surface area (Å²) in [5.74, 6) is -0.0275. The van der Waals surface area contributed by atoms with Crippen molar-refractivity contribution in [2.24, 2.45) is 7.05 Å². The van der Waals surface area contributed by atoms with Crippen LogP contribution in [0.4, 0.5) is 4.79 Å². The molecule has 160 valence electrons. The summed E-state index contributed by atoms with van der Waals surface area (Å²) in [4.78, 5) is 30.4. The number of piperazine rings is 1. The summed E-state index contributed by atoms with van der Waals surface area (Å²) in [7, 11) is 1.90. The first-order chi connectivity index (χ1) is 13.6. The summed E-state index contributed by atoms with van der Waals surface area (Å²) >= 11 is 1.47. The largest absolute Gasteiger partial charge is 0.444 e. The maximum atomic E-state index is 12.4. The minimum absolute atomic E-state index is 0.0275. The van der Waals surface area contributed by atoms with Crippen molar-refractivity contribution in [1.29, 1.82) is 0 Å². The van der Waals surface area contributed by atoms with E-state index in [0.29, 0.717) is 19.6 Å². The molecule has 1 N–H and O–H groups in total. The van der Waals surface area contributed by atoms with Gasteiger partial charge in [-0.15, -0.1) is 11.3 Å². The molecule has 0 aliphatic carbocycles. The molecule has 0 aromatic carbocycles. The predicted octanol–water partition coefficient (Wildman–Crippen LogP) is 2.62. The van der Waals surface area contributed by atoms with Crippen LogP contribution in [0.1, 0.15) is 42.6 Å². The fourth-order valence-corrected chi connectivity index (χ4v) is 4.43. The van der Waals surface area contributed by atoms with E-state index < -0.39 is 5.60 Å². The highest BCUT2D eigenvalue weighted by Gasteiger charge is 2.25. The van der Waals surface area contributed by atoms with Crippen LogP contribution in [0.2, 0.25) is 0 Å². The summed E-state index contributed by atoms with van der Waals surface area (Å²) in [5, 5.41) is 8.43. The number of rotatable bonds is 5. The molecule has 3 heterocycles. The van der Waals surface area contributed by atoms with Gasteiger partial charge in [0.1, 0.15) is 10.4 Å². The van der Waals surface area contributed by atoms with Crippen molar-refractivity contribution < 1.29 is 14.3 Å². The number of nitrogens with one attached hydrogen (secondary N) is 1. The Morgan fingerprint density at radius 1 is 1.24 bits per heavy atom. The lowest BCUT2D eigenvalue weighted by Crippen LogP contribution is -2.50. The molecule has 2 aromatic rings. The average Bonchev–Trinajstić information content (AvgIpc) is 3.19. The zero-order chi connectivity index (χ0) is 21.2. The lowest BCUT2D eigenvalue weighted by molar-refractivity contribution is 0.0144. The topological polar surface area (TPSA) is 79.7 Å². The molecular formula is C20H31N5O3S. The number of amides is 2. The second-order valence-electron chi connectivity index (χ2n) is 8.46. The van der Waals surface area contributed by atoms with Crippen molar-refractivity contribution in [3.63, 3.8) is 0 Å². The van der Waals surface area contributed by atoms with Crippen LogP contribution in [0.25, 0.3) is 10.2 Å². The third-order valence-corrected chi connectivity index (χ3v) is 6.08. The van der Waals surface area contributed by atoms with E-state index in [1.165, 1.54) is 11.3 Å². The lowest BCUT2D eigenvalue weighted by atomic mass is 10.2. The van der Waals surface area contributed by atoms with E-state index >= 15 is 0 Å². The van der Waals surface area contributed by atoms with Gasteiger partial charge in [-0.25, -0.2) is 4.79 Å². The van der Waals surface area contributed by atoms with E-state index in [1.54, 1.807) is 4.90 Å². The van der Waals surface area contributed by atoms with E-state index in [1.807, 2.05) is 45.5 Å². The van der Waals surface area contributed by atoms with Gasteiger partial charge in [-0.1, -0.05) is 0 Å². The number of thiophene rings is 1. The van der Waals surface area contributed by atoms with E-state index in [0.717, 1.165) is 46.8 Å². The fraction of sp³-hybridized carbons (Fsp3) is 0.650. The van der Waals surface area contributed by atoms with Gasteiger partial charge in [-0.2, -0.15) is 5.10 Å². The number of carbonyl (C=O) groups excluding carboxylic acids is 2. The Kier molecular flexibility index (Phi) is 6.48. The minimum atomic E-state index is -0.462. The molecule has 1 aliphatic heterocycles. The third kappa shape index (κ3) is 5.48. The summed E-state index contributed by atoms with van der Waals surface area (Å²) in [6, 6.07) is 1.92. The van der Waals surface area contributed by atoms with Crippen molar-refractivity contribution >= 4 is 33.6 Å². The van der Waals surface area contributed by atoms with E-state index in [-0.39, 0.29) is 12.0 Å².